The van der Waals surface area contributed by atoms with Gasteiger partial charge in [0.15, 0.2) is 17.3 Å². The topological polar surface area (TPSA) is 131 Å². The van der Waals surface area contributed by atoms with Crippen LogP contribution in [0.5, 0.6) is 28.7 Å². The van der Waals surface area contributed by atoms with E-state index in [-0.39, 0.29) is 45.8 Å². The van der Waals surface area contributed by atoms with Crippen LogP contribution in [0.3, 0.4) is 0 Å². The molecule has 0 saturated carbocycles. The third-order valence-corrected chi connectivity index (χ3v) is 5.08. The molecule has 0 aliphatic heterocycles. The Labute approximate surface area is 184 Å². The third kappa shape index (κ3) is 4.27. The van der Waals surface area contributed by atoms with Gasteiger partial charge in [-0.05, 0) is 52.7 Å². The summed E-state index contributed by atoms with van der Waals surface area (Å²) in [5.74, 6) is -2.54. The maximum Gasteiger partial charge on any atom is 0.238 e. The van der Waals surface area contributed by atoms with Crippen LogP contribution < -0.4 is 5.43 Å². The molecule has 0 aliphatic rings. The molecule has 0 bridgehead atoms. The van der Waals surface area contributed by atoms with Crippen molar-refractivity contribution in [2.24, 2.45) is 0 Å². The van der Waals surface area contributed by atoms with Gasteiger partial charge in [-0.25, -0.2) is 0 Å². The van der Waals surface area contributed by atoms with Crippen molar-refractivity contribution >= 4 is 11.0 Å². The highest BCUT2D eigenvalue weighted by atomic mass is 16.4. The second-order valence-electron chi connectivity index (χ2n) is 8.18. The number of rotatable bonds is 5. The fourth-order valence-corrected chi connectivity index (χ4v) is 3.35. The quantitative estimate of drug-likeness (QED) is 0.280. The van der Waals surface area contributed by atoms with Crippen molar-refractivity contribution in [2.75, 3.05) is 0 Å². The number of phenolic OH excluding ortho intramolecular Hbond substituents is 4. The van der Waals surface area contributed by atoms with Gasteiger partial charge in [-0.3, -0.25) is 4.79 Å². The van der Waals surface area contributed by atoms with E-state index in [1.807, 2.05) is 39.8 Å². The van der Waals surface area contributed by atoms with E-state index < -0.39 is 22.7 Å². The molecule has 0 fully saturated rings. The number of fused-ring (bicyclic) bond motifs is 1. The molecule has 0 unspecified atom stereocenters. The average molecular weight is 438 g/mol. The Balaban J connectivity index is 2.34. The Morgan fingerprint density at radius 1 is 0.812 bits per heavy atom. The van der Waals surface area contributed by atoms with E-state index in [1.165, 1.54) is 12.1 Å². The summed E-state index contributed by atoms with van der Waals surface area (Å²) < 4.78 is 5.85. The van der Waals surface area contributed by atoms with E-state index in [2.05, 4.69) is 0 Å². The zero-order valence-corrected chi connectivity index (χ0v) is 18.4. The first-order chi connectivity index (χ1) is 15.0. The normalized spacial score (nSPS) is 10.9. The van der Waals surface area contributed by atoms with Crippen LogP contribution in [-0.4, -0.2) is 25.5 Å². The average Bonchev–Trinajstić information content (AvgIpc) is 2.70. The van der Waals surface area contributed by atoms with Crippen molar-refractivity contribution in [3.8, 4) is 40.1 Å². The Bertz CT molecular complexity index is 1320. The number of hydrogen-bond donors (Lipinski definition) is 5. The Hall–Kier alpha value is -3.87. The zero-order valence-electron chi connectivity index (χ0n) is 18.4. The molecule has 7 heteroatoms. The van der Waals surface area contributed by atoms with E-state index >= 15 is 0 Å². The minimum Gasteiger partial charge on any atom is -0.507 e. The van der Waals surface area contributed by atoms with Gasteiger partial charge in [-0.1, -0.05) is 23.3 Å². The highest BCUT2D eigenvalue weighted by Crippen LogP contribution is 2.41. The molecule has 168 valence electrons. The molecule has 7 nitrogen and oxygen atoms in total. The van der Waals surface area contributed by atoms with E-state index in [1.54, 1.807) is 0 Å². The van der Waals surface area contributed by atoms with Crippen LogP contribution in [0.25, 0.3) is 22.3 Å². The second-order valence-corrected chi connectivity index (χ2v) is 8.18. The van der Waals surface area contributed by atoms with Crippen LogP contribution in [0.15, 0.2) is 50.7 Å². The summed E-state index contributed by atoms with van der Waals surface area (Å²) in [4.78, 5) is 12.9. The molecule has 0 saturated heterocycles. The van der Waals surface area contributed by atoms with E-state index in [9.17, 15) is 30.3 Å². The summed E-state index contributed by atoms with van der Waals surface area (Å²) in [6.07, 6.45) is 4.20. The van der Waals surface area contributed by atoms with E-state index in [0.29, 0.717) is 12.0 Å². The van der Waals surface area contributed by atoms with Crippen molar-refractivity contribution in [3.63, 3.8) is 0 Å². The fourth-order valence-electron chi connectivity index (χ4n) is 3.35. The van der Waals surface area contributed by atoms with Crippen molar-refractivity contribution in [3.05, 3.63) is 62.8 Å². The molecule has 0 amide bonds. The van der Waals surface area contributed by atoms with Crippen molar-refractivity contribution in [2.45, 2.75) is 40.5 Å². The van der Waals surface area contributed by atoms with Gasteiger partial charge in [0.25, 0.3) is 0 Å². The fraction of sp³-hybridized carbons (Fsp3) is 0.240. The first kappa shape index (κ1) is 22.8. The molecule has 32 heavy (non-hydrogen) atoms. The summed E-state index contributed by atoms with van der Waals surface area (Å²) in [7, 11) is 0. The monoisotopic (exact) mass is 438 g/mol. The van der Waals surface area contributed by atoms with Gasteiger partial charge in [-0.15, -0.1) is 0 Å². The maximum absolute atomic E-state index is 12.9. The molecule has 0 spiro atoms. The summed E-state index contributed by atoms with van der Waals surface area (Å²) in [5, 5.41) is 51.4. The lowest BCUT2D eigenvalue weighted by molar-refractivity contribution is 0.400. The molecule has 1 heterocycles. The molecule has 0 radical (unpaired) electrons. The smallest absolute Gasteiger partial charge is 0.238 e. The highest BCUT2D eigenvalue weighted by Gasteiger charge is 2.23. The summed E-state index contributed by atoms with van der Waals surface area (Å²) >= 11 is 0. The Kier molecular flexibility index (Phi) is 6.20. The van der Waals surface area contributed by atoms with Gasteiger partial charge in [-0.2, -0.15) is 0 Å². The zero-order chi connectivity index (χ0) is 23.7. The molecule has 0 atom stereocenters. The maximum atomic E-state index is 12.9. The lowest BCUT2D eigenvalue weighted by Gasteiger charge is -2.13. The van der Waals surface area contributed by atoms with Gasteiger partial charge in [0.05, 0.1) is 0 Å². The Morgan fingerprint density at radius 3 is 2.06 bits per heavy atom. The van der Waals surface area contributed by atoms with Crippen LogP contribution in [0.2, 0.25) is 0 Å². The minimum atomic E-state index is -0.879. The number of phenols is 4. The third-order valence-electron chi connectivity index (χ3n) is 5.08. The summed E-state index contributed by atoms with van der Waals surface area (Å²) in [6, 6.07) is 3.71. The van der Waals surface area contributed by atoms with Gasteiger partial charge in [0, 0.05) is 22.8 Å². The van der Waals surface area contributed by atoms with Crippen molar-refractivity contribution < 1.29 is 29.9 Å². The molecule has 2 aromatic carbocycles. The number of aromatic hydroxyl groups is 5. The second kappa shape index (κ2) is 8.70. The number of benzene rings is 2. The van der Waals surface area contributed by atoms with Crippen LogP contribution in [0.4, 0.5) is 0 Å². The lowest BCUT2D eigenvalue weighted by atomic mass is 10.0. The molecule has 3 aromatic rings. The molecular formula is C25H26O7. The molecule has 5 N–H and O–H groups in total. The largest absolute Gasteiger partial charge is 0.507 e. The highest BCUT2D eigenvalue weighted by molar-refractivity contribution is 5.91. The van der Waals surface area contributed by atoms with Crippen LogP contribution in [0, 0.1) is 0 Å². The van der Waals surface area contributed by atoms with E-state index in [0.717, 1.165) is 17.2 Å². The van der Waals surface area contributed by atoms with Crippen LogP contribution >= 0.6 is 0 Å². The predicted octanol–water partition coefficient (Wildman–Crippen LogP) is 5.01. The summed E-state index contributed by atoms with van der Waals surface area (Å²) in [5.41, 5.74) is 1.82. The standard InChI is InChI=1S/C25H26O7/c1-12(2)5-7-14-9-15(10-19(28)21(14)29)24-23(31)22(30)20-18(27)11-17(26)16(25(20)32-24)8-6-13(3)4/h5-6,9-11,26-29,31H,7-8H2,1-4H3. The molecule has 3 rings (SSSR count). The van der Waals surface area contributed by atoms with Crippen molar-refractivity contribution in [1.29, 1.82) is 0 Å². The van der Waals surface area contributed by atoms with E-state index in [4.69, 9.17) is 4.42 Å². The van der Waals surface area contributed by atoms with Gasteiger partial charge < -0.3 is 29.9 Å². The predicted molar refractivity (Wildman–Crippen MR) is 123 cm³/mol. The molecular weight excluding hydrogens is 412 g/mol. The van der Waals surface area contributed by atoms with Gasteiger partial charge in [0.1, 0.15) is 22.5 Å². The van der Waals surface area contributed by atoms with Gasteiger partial charge in [0.2, 0.25) is 11.2 Å². The summed E-state index contributed by atoms with van der Waals surface area (Å²) in [6.45, 7) is 7.53. The first-order valence-corrected chi connectivity index (χ1v) is 10.1. The van der Waals surface area contributed by atoms with Crippen molar-refractivity contribution in [1.82, 2.24) is 0 Å². The molecule has 1 aromatic heterocycles. The Morgan fingerprint density at radius 2 is 1.44 bits per heavy atom. The SMILES string of the molecule is CC(C)=CCc1cc(-c2oc3c(CC=C(C)C)c(O)cc(O)c3c(=O)c2O)cc(O)c1O. The first-order valence-electron chi connectivity index (χ1n) is 10.1. The van der Waals surface area contributed by atoms with Crippen LogP contribution in [0.1, 0.15) is 38.8 Å². The minimum absolute atomic E-state index is 0.0730. The number of allylic oxidation sites excluding steroid dienone is 4. The van der Waals surface area contributed by atoms with Crippen LogP contribution in [-0.2, 0) is 12.8 Å². The number of hydrogen-bond acceptors (Lipinski definition) is 7. The lowest BCUT2D eigenvalue weighted by Crippen LogP contribution is -2.05. The molecule has 0 aliphatic carbocycles. The van der Waals surface area contributed by atoms with Gasteiger partial charge >= 0.3 is 0 Å².